The lowest BCUT2D eigenvalue weighted by Gasteiger charge is -2.23. The molecule has 4 aliphatic rings. The Kier molecular flexibility index (Phi) is 20.0. The monoisotopic (exact) mass is 1170 g/mol. The average molecular weight is 1180 g/mol. The minimum absolute atomic E-state index is 0.0103. The van der Waals surface area contributed by atoms with E-state index in [2.05, 4.69) is 41.8 Å². The lowest BCUT2D eigenvalue weighted by Crippen LogP contribution is -2.39. The van der Waals surface area contributed by atoms with Gasteiger partial charge in [-0.2, -0.15) is 5.48 Å². The molecule has 0 saturated carbocycles. The van der Waals surface area contributed by atoms with E-state index in [1.165, 1.54) is 12.7 Å². The number of aryl methyl sites for hydroxylation is 2. The number of ketones is 2. The predicted octanol–water partition coefficient (Wildman–Crippen LogP) is 11.3. The molecule has 9 rings (SSSR count). The van der Waals surface area contributed by atoms with Gasteiger partial charge in [0.1, 0.15) is 24.7 Å². The molecule has 4 heterocycles. The van der Waals surface area contributed by atoms with E-state index in [-0.39, 0.29) is 74.0 Å². The predicted molar refractivity (Wildman–Crippen MR) is 328 cm³/mol. The Bertz CT molecular complexity index is 3380. The maximum atomic E-state index is 14.1. The number of carbonyl (C=O) groups excluding carboxylic acids is 7. The van der Waals surface area contributed by atoms with Crippen LogP contribution in [0.2, 0.25) is 25.7 Å². The van der Waals surface area contributed by atoms with Crippen LogP contribution in [0.1, 0.15) is 126 Å². The van der Waals surface area contributed by atoms with Crippen LogP contribution in [-0.2, 0) is 61.2 Å². The molecule has 0 radical (unpaired) electrons. The van der Waals surface area contributed by atoms with Crippen molar-refractivity contribution in [3.8, 4) is 17.2 Å². The topological polar surface area (TPSA) is 221 Å². The first-order chi connectivity index (χ1) is 40.8. The fourth-order valence-electron chi connectivity index (χ4n) is 11.3. The van der Waals surface area contributed by atoms with E-state index in [0.29, 0.717) is 109 Å². The molecule has 18 nitrogen and oxygen atoms in total. The van der Waals surface area contributed by atoms with E-state index in [4.69, 9.17) is 28.8 Å². The largest absolute Gasteiger partial charge is 0.493 e. The van der Waals surface area contributed by atoms with Gasteiger partial charge in [0.05, 0.1) is 43.7 Å². The van der Waals surface area contributed by atoms with Crippen molar-refractivity contribution < 1.29 is 57.3 Å². The molecule has 0 bridgehead atoms. The molecule has 0 fully saturated rings. The van der Waals surface area contributed by atoms with Crippen LogP contribution in [0.4, 0.5) is 27.5 Å². The number of amides is 5. The zero-order valence-corrected chi connectivity index (χ0v) is 50.8. The highest BCUT2D eigenvalue weighted by Gasteiger charge is 2.39. The van der Waals surface area contributed by atoms with Crippen LogP contribution in [0.3, 0.4) is 0 Å². The molecule has 3 N–H and O–H groups in total. The summed E-state index contributed by atoms with van der Waals surface area (Å²) in [6.45, 7) is 12.5. The smallest absolute Gasteiger partial charge is 0.431 e. The van der Waals surface area contributed by atoms with E-state index in [9.17, 15) is 33.6 Å². The number of benzene rings is 5. The number of hydrogen-bond acceptors (Lipinski definition) is 13. The number of fused-ring (bicyclic) bond motifs is 8. The van der Waals surface area contributed by atoms with Crippen LogP contribution in [0.5, 0.6) is 17.2 Å². The molecule has 5 amide bonds. The molecule has 0 saturated heterocycles. The minimum Gasteiger partial charge on any atom is -0.493 e. The molecule has 5 aromatic rings. The van der Waals surface area contributed by atoms with Gasteiger partial charge in [0.2, 0.25) is 11.8 Å². The van der Waals surface area contributed by atoms with Crippen molar-refractivity contribution in [1.29, 1.82) is 0 Å². The van der Waals surface area contributed by atoms with Gasteiger partial charge in [-0.25, -0.2) is 4.79 Å². The maximum absolute atomic E-state index is 14.1. The van der Waals surface area contributed by atoms with Crippen LogP contribution in [0, 0.1) is 12.8 Å². The molecule has 85 heavy (non-hydrogen) atoms. The van der Waals surface area contributed by atoms with Gasteiger partial charge in [-0.3, -0.25) is 43.5 Å². The highest BCUT2D eigenvalue weighted by molar-refractivity contribution is 6.76. The third-order valence-corrected chi connectivity index (χ3v) is 17.7. The van der Waals surface area contributed by atoms with Crippen LogP contribution in [-0.4, -0.2) is 94.0 Å². The number of hydrogen-bond donors (Lipinski definition) is 3. The lowest BCUT2D eigenvalue weighted by molar-refractivity contribution is -0.129. The number of hydroxylamine groups is 1. The lowest BCUT2D eigenvalue weighted by atomic mass is 9.98. The fraction of sp³-hybridized carbons (Fsp3) is 0.424. The van der Waals surface area contributed by atoms with Crippen molar-refractivity contribution in [3.05, 3.63) is 136 Å². The summed E-state index contributed by atoms with van der Waals surface area (Å²) < 4.78 is 23.9. The molecular weight excluding hydrogens is 1100 g/mol. The van der Waals surface area contributed by atoms with Gasteiger partial charge in [0, 0.05) is 87.0 Å². The van der Waals surface area contributed by atoms with Crippen molar-refractivity contribution in [2.24, 2.45) is 10.9 Å². The zero-order valence-electron chi connectivity index (χ0n) is 49.8. The summed E-state index contributed by atoms with van der Waals surface area (Å²) in [4.78, 5) is 106. The second kappa shape index (κ2) is 27.7. The molecule has 0 aliphatic carbocycles. The van der Waals surface area contributed by atoms with Gasteiger partial charge >= 0.3 is 6.09 Å². The van der Waals surface area contributed by atoms with Crippen LogP contribution in [0.25, 0.3) is 0 Å². The molecule has 0 unspecified atom stereocenters. The Hall–Kier alpha value is -8.16. The van der Waals surface area contributed by atoms with E-state index >= 15 is 0 Å². The summed E-state index contributed by atoms with van der Waals surface area (Å²) >= 11 is 0. The number of nitrogens with one attached hydrogen (secondary N) is 3. The summed E-state index contributed by atoms with van der Waals surface area (Å²) in [5, 5.41) is 5.76. The quantitative estimate of drug-likeness (QED) is 0.0254. The van der Waals surface area contributed by atoms with Crippen molar-refractivity contribution in [2.45, 2.75) is 155 Å². The highest BCUT2D eigenvalue weighted by atomic mass is 28.3. The maximum Gasteiger partial charge on any atom is 0.431 e. The Balaban J connectivity index is 0.804. The first-order valence-corrected chi connectivity index (χ1v) is 33.3. The van der Waals surface area contributed by atoms with Gasteiger partial charge in [-0.15, -0.1) is 0 Å². The summed E-state index contributed by atoms with van der Waals surface area (Å²) in [6.07, 6.45) is 7.04. The van der Waals surface area contributed by atoms with E-state index in [1.54, 1.807) is 49.2 Å². The zero-order chi connectivity index (χ0) is 60.4. The third kappa shape index (κ3) is 15.6. The third-order valence-electron chi connectivity index (χ3n) is 16.0. The molecule has 0 spiro atoms. The van der Waals surface area contributed by atoms with Gasteiger partial charge in [-0.05, 0) is 147 Å². The van der Waals surface area contributed by atoms with Crippen molar-refractivity contribution in [1.82, 2.24) is 10.8 Å². The highest BCUT2D eigenvalue weighted by Crippen LogP contribution is 2.42. The summed E-state index contributed by atoms with van der Waals surface area (Å²) in [5.74, 6) is -0.606. The Morgan fingerprint density at radius 3 is 2.09 bits per heavy atom. The molecule has 5 aromatic carbocycles. The first-order valence-electron chi connectivity index (χ1n) is 29.6. The number of methoxy groups -OCH3 is 1. The van der Waals surface area contributed by atoms with Gasteiger partial charge < -0.3 is 34.5 Å². The molecule has 19 heteroatoms. The number of rotatable bonds is 27. The number of para-hydroxylation sites is 2. The summed E-state index contributed by atoms with van der Waals surface area (Å²) in [6, 6.07) is 28.6. The first kappa shape index (κ1) is 61.4. The second-order valence-electron chi connectivity index (χ2n) is 23.9. The molecule has 4 aliphatic heterocycles. The van der Waals surface area contributed by atoms with Gasteiger partial charge in [0.15, 0.2) is 17.3 Å². The van der Waals surface area contributed by atoms with Crippen molar-refractivity contribution >= 4 is 78.3 Å². The van der Waals surface area contributed by atoms with Gasteiger partial charge in [-0.1, -0.05) is 63.0 Å². The molecule has 448 valence electrons. The number of anilines is 3. The van der Waals surface area contributed by atoms with Crippen LogP contribution in [0.15, 0.2) is 96.0 Å². The number of carbonyl (C=O) groups is 7. The Labute approximate surface area is 498 Å². The molecule has 4 atom stereocenters. The summed E-state index contributed by atoms with van der Waals surface area (Å²) in [7, 11) is 0.201. The standard InChI is InChI=1S/C66H78N6O12Si/c1-41-28-53-46(23-24-50-33-47-16-8-11-20-56(47)71(50)64(53)77)35-59(41)82-39-44-30-45(40-83-61-37-55-54(36-60(61)80-4)65(78)72-51(38-67-55)34-48-17-9-12-21-57(48)72)32-49(31-44)69-63(76)42(2)29-58(74)43(3)68-62(75)22-13-10-18-52(73)19-14-15-25-84-70-66(79)81-26-27-85(5,6)7/h8-9,11-12,16-17,20-21,28,30-32,35-38,42-43,50-51H,10,13-15,18-19,22-27,29,33-34,39-40H2,1-7H3,(H,68,75)(H,69,76)(H,70,79)/t42-,43+,50-,51+/m1/s1. The normalized spacial score (nSPS) is 16.3. The molecular formula is C66H78N6O12Si. The SMILES string of the molecule is COc1cc2c(cc1OCc1cc(COc3cc4c(cc3C)C(=O)N3c5ccccc5C[C@H]3CC4)cc(NC(=O)[C@H](C)CC(=O)[C@H](C)NC(=O)CCCCC(=O)CCCCONC(=O)OCC[Si](C)(C)C)c1)N=C[C@@H]1Cc3ccccc3N1C2=O. The Morgan fingerprint density at radius 1 is 0.718 bits per heavy atom. The number of nitrogens with zero attached hydrogens (tertiary/aromatic N) is 3. The van der Waals surface area contributed by atoms with Crippen LogP contribution < -0.4 is 40.1 Å². The van der Waals surface area contributed by atoms with Gasteiger partial charge in [0.25, 0.3) is 11.8 Å². The van der Waals surface area contributed by atoms with Crippen LogP contribution >= 0.6 is 0 Å². The summed E-state index contributed by atoms with van der Waals surface area (Å²) in [5.41, 5.74) is 11.4. The minimum atomic E-state index is -1.31. The average Bonchev–Trinajstić information content (AvgIpc) is 2.12. The van der Waals surface area contributed by atoms with Crippen molar-refractivity contribution in [2.75, 3.05) is 35.4 Å². The number of aliphatic imine (C=N–C) groups is 1. The number of unbranched alkanes of at least 4 members (excludes halogenated alkanes) is 2. The second-order valence-corrected chi connectivity index (χ2v) is 29.5. The number of Topliss-reactive ketones (excluding diaryl/α,β-unsaturated/α-hetero) is 2. The molecule has 0 aromatic heterocycles. The van der Waals surface area contributed by atoms with Crippen molar-refractivity contribution in [3.63, 3.8) is 0 Å². The number of ether oxygens (including phenoxy) is 4. The Morgan fingerprint density at radius 2 is 1.38 bits per heavy atom. The van der Waals surface area contributed by atoms with E-state index in [1.807, 2.05) is 72.5 Å². The van der Waals surface area contributed by atoms with E-state index in [0.717, 1.165) is 47.0 Å². The van der Waals surface area contributed by atoms with E-state index < -0.39 is 32.0 Å². The fourth-order valence-corrected chi connectivity index (χ4v) is 12.0.